The molecule has 2 aliphatic rings. The zero-order valence-corrected chi connectivity index (χ0v) is 17.0. The summed E-state index contributed by atoms with van der Waals surface area (Å²) in [6, 6.07) is 6.76. The molecule has 2 heterocycles. The minimum atomic E-state index is -0.266. The van der Waals surface area contributed by atoms with Gasteiger partial charge in [0, 0.05) is 11.2 Å². The van der Waals surface area contributed by atoms with Crippen LogP contribution in [0.3, 0.4) is 0 Å². The first-order valence-electron chi connectivity index (χ1n) is 8.92. The summed E-state index contributed by atoms with van der Waals surface area (Å²) < 4.78 is 13.9. The van der Waals surface area contributed by atoms with Crippen molar-refractivity contribution in [3.63, 3.8) is 0 Å². The van der Waals surface area contributed by atoms with Gasteiger partial charge in [0.2, 0.25) is 0 Å². The summed E-state index contributed by atoms with van der Waals surface area (Å²) in [5.41, 5.74) is 1.70. The number of pyridine rings is 1. The van der Waals surface area contributed by atoms with Crippen LogP contribution in [0.5, 0.6) is 0 Å². The molecule has 4 rings (SSSR count). The summed E-state index contributed by atoms with van der Waals surface area (Å²) in [5.74, 6) is 0.387. The molecule has 7 heteroatoms. The first kappa shape index (κ1) is 18.8. The van der Waals surface area contributed by atoms with Gasteiger partial charge in [-0.15, -0.1) is 0 Å². The van der Waals surface area contributed by atoms with Gasteiger partial charge in [-0.1, -0.05) is 54.6 Å². The molecular formula is C20H17Cl3FN3. The van der Waals surface area contributed by atoms with Crippen LogP contribution < -0.4 is 4.90 Å². The van der Waals surface area contributed by atoms with Crippen LogP contribution in [-0.2, 0) is 0 Å². The van der Waals surface area contributed by atoms with Crippen LogP contribution in [-0.4, -0.2) is 10.5 Å². The van der Waals surface area contributed by atoms with Gasteiger partial charge in [-0.2, -0.15) is 5.26 Å². The van der Waals surface area contributed by atoms with Crippen molar-refractivity contribution >= 4 is 46.3 Å². The van der Waals surface area contributed by atoms with E-state index in [1.54, 1.807) is 12.1 Å². The predicted molar refractivity (Wildman–Crippen MR) is 107 cm³/mol. The Balaban J connectivity index is 2.00. The van der Waals surface area contributed by atoms with E-state index in [0.29, 0.717) is 5.82 Å². The predicted octanol–water partition coefficient (Wildman–Crippen LogP) is 7.01. The molecule has 3 nitrogen and oxygen atoms in total. The largest absolute Gasteiger partial charge is 0.319 e. The number of aromatic nitrogens is 1. The molecule has 1 atom stereocenters. The Morgan fingerprint density at radius 2 is 1.93 bits per heavy atom. The fourth-order valence-electron chi connectivity index (χ4n) is 4.69. The maximum absolute atomic E-state index is 13.9. The molecule has 1 aromatic heterocycles. The number of hydrogen-bond donors (Lipinski definition) is 0. The molecule has 0 unspecified atom stereocenters. The zero-order chi connectivity index (χ0) is 19.3. The topological polar surface area (TPSA) is 39.9 Å². The van der Waals surface area contributed by atoms with Gasteiger partial charge in [-0.25, -0.2) is 9.37 Å². The highest BCUT2D eigenvalue weighted by Crippen LogP contribution is 2.55. The normalized spacial score (nSPS) is 20.6. The average Bonchev–Trinajstić information content (AvgIpc) is 3.08. The molecule has 0 bridgehead atoms. The fraction of sp³-hybridized carbons (Fsp3) is 0.400. The molecule has 1 fully saturated rings. The molecule has 1 spiro atoms. The SMILES string of the molecule is C[C@H]1CC2(CCCC2)N(c2nc(Cl)c(C#N)c(Cl)c2Cl)c2ccc(F)cc21. The van der Waals surface area contributed by atoms with Crippen molar-refractivity contribution in [2.45, 2.75) is 50.5 Å². The number of nitrogens with zero attached hydrogens (tertiary/aromatic N) is 3. The molecule has 0 amide bonds. The van der Waals surface area contributed by atoms with Gasteiger partial charge in [0.05, 0.1) is 5.02 Å². The highest BCUT2D eigenvalue weighted by Gasteiger charge is 2.47. The van der Waals surface area contributed by atoms with E-state index in [9.17, 15) is 9.65 Å². The lowest BCUT2D eigenvalue weighted by molar-refractivity contribution is 0.351. The van der Waals surface area contributed by atoms with Crippen molar-refractivity contribution in [1.29, 1.82) is 5.26 Å². The minimum Gasteiger partial charge on any atom is -0.319 e. The molecule has 27 heavy (non-hydrogen) atoms. The van der Waals surface area contributed by atoms with Crippen LogP contribution in [0.4, 0.5) is 15.9 Å². The van der Waals surface area contributed by atoms with Gasteiger partial charge in [0.1, 0.15) is 22.5 Å². The van der Waals surface area contributed by atoms with E-state index in [-0.39, 0.29) is 38.0 Å². The van der Waals surface area contributed by atoms with Crippen LogP contribution in [0.1, 0.15) is 56.1 Å². The molecule has 140 valence electrons. The second kappa shape index (κ2) is 6.81. The quantitative estimate of drug-likeness (QED) is 0.462. The van der Waals surface area contributed by atoms with Crippen LogP contribution in [0.25, 0.3) is 0 Å². The number of hydrogen-bond acceptors (Lipinski definition) is 3. The summed E-state index contributed by atoms with van der Waals surface area (Å²) in [4.78, 5) is 6.55. The van der Waals surface area contributed by atoms with E-state index in [0.717, 1.165) is 43.4 Å². The van der Waals surface area contributed by atoms with E-state index < -0.39 is 0 Å². The standard InChI is InChI=1S/C20H17Cl3FN3/c1-11-9-20(6-2-3-7-20)27(15-5-4-12(24)8-13(11)15)19-17(22)16(21)14(10-25)18(23)26-19/h4-5,8,11H,2-3,6-7,9H2,1H3/t11-/m0/s1. The second-order valence-corrected chi connectivity index (χ2v) is 8.53. The second-order valence-electron chi connectivity index (χ2n) is 7.42. The van der Waals surface area contributed by atoms with Crippen LogP contribution in [0.2, 0.25) is 15.2 Å². The third kappa shape index (κ3) is 2.88. The Bertz CT molecular complexity index is 964. The average molecular weight is 425 g/mol. The van der Waals surface area contributed by atoms with Crippen molar-refractivity contribution in [3.05, 3.63) is 50.3 Å². The van der Waals surface area contributed by atoms with E-state index in [1.165, 1.54) is 6.07 Å². The molecule has 1 aliphatic carbocycles. The summed E-state index contributed by atoms with van der Waals surface area (Å²) in [6.07, 6.45) is 5.06. The van der Waals surface area contributed by atoms with Gasteiger partial charge in [0.25, 0.3) is 0 Å². The fourth-order valence-corrected chi connectivity index (χ4v) is 5.39. The Labute approximate surface area is 172 Å². The third-order valence-electron chi connectivity index (χ3n) is 5.80. The maximum atomic E-state index is 13.9. The highest BCUT2D eigenvalue weighted by molar-refractivity contribution is 6.45. The molecule has 0 radical (unpaired) electrons. The van der Waals surface area contributed by atoms with E-state index in [4.69, 9.17) is 34.8 Å². The molecular weight excluding hydrogens is 408 g/mol. The maximum Gasteiger partial charge on any atom is 0.155 e. The molecule has 2 aromatic rings. The summed E-state index contributed by atoms with van der Waals surface area (Å²) in [6.45, 7) is 2.13. The minimum absolute atomic E-state index is 0.0253. The number of nitriles is 1. The number of benzene rings is 1. The summed E-state index contributed by atoms with van der Waals surface area (Å²) in [5, 5.41) is 9.61. The summed E-state index contributed by atoms with van der Waals surface area (Å²) >= 11 is 19.1. The van der Waals surface area contributed by atoms with Gasteiger partial charge in [-0.05, 0) is 48.9 Å². The van der Waals surface area contributed by atoms with Crippen molar-refractivity contribution in [3.8, 4) is 6.07 Å². The van der Waals surface area contributed by atoms with E-state index >= 15 is 0 Å². The first-order valence-corrected chi connectivity index (χ1v) is 10.1. The lowest BCUT2D eigenvalue weighted by Crippen LogP contribution is -2.48. The molecule has 0 N–H and O–H groups in total. The van der Waals surface area contributed by atoms with Crippen molar-refractivity contribution in [1.82, 2.24) is 4.98 Å². The Morgan fingerprint density at radius 1 is 1.22 bits per heavy atom. The van der Waals surface area contributed by atoms with Crippen LogP contribution >= 0.6 is 34.8 Å². The number of fused-ring (bicyclic) bond motifs is 1. The Kier molecular flexibility index (Phi) is 4.74. The van der Waals surface area contributed by atoms with Gasteiger partial charge < -0.3 is 4.90 Å². The molecule has 1 aromatic carbocycles. The van der Waals surface area contributed by atoms with Crippen molar-refractivity contribution < 1.29 is 4.39 Å². The lowest BCUT2D eigenvalue weighted by Gasteiger charge is -2.49. The van der Waals surface area contributed by atoms with Gasteiger partial charge in [-0.3, -0.25) is 0 Å². The zero-order valence-electron chi connectivity index (χ0n) is 14.7. The van der Waals surface area contributed by atoms with Crippen molar-refractivity contribution in [2.24, 2.45) is 0 Å². The Morgan fingerprint density at radius 3 is 2.59 bits per heavy atom. The van der Waals surface area contributed by atoms with E-state index in [2.05, 4.69) is 16.8 Å². The smallest absolute Gasteiger partial charge is 0.155 e. The number of anilines is 2. The van der Waals surface area contributed by atoms with E-state index in [1.807, 2.05) is 6.07 Å². The molecule has 0 saturated heterocycles. The lowest BCUT2D eigenvalue weighted by atomic mass is 9.76. The monoisotopic (exact) mass is 423 g/mol. The van der Waals surface area contributed by atoms with Crippen LogP contribution in [0.15, 0.2) is 18.2 Å². The Hall–Kier alpha value is -1.54. The molecule has 1 aliphatic heterocycles. The summed E-state index contributed by atoms with van der Waals surface area (Å²) in [7, 11) is 0. The molecule has 1 saturated carbocycles. The van der Waals surface area contributed by atoms with Crippen molar-refractivity contribution in [2.75, 3.05) is 4.90 Å². The van der Waals surface area contributed by atoms with Gasteiger partial charge in [0.15, 0.2) is 11.0 Å². The number of halogens is 4. The highest BCUT2D eigenvalue weighted by atomic mass is 35.5. The number of rotatable bonds is 1. The van der Waals surface area contributed by atoms with Crippen LogP contribution in [0, 0.1) is 17.1 Å². The van der Waals surface area contributed by atoms with Gasteiger partial charge >= 0.3 is 0 Å². The third-order valence-corrected chi connectivity index (χ3v) is 6.90. The first-order chi connectivity index (χ1) is 12.9.